The van der Waals surface area contributed by atoms with Crippen LogP contribution in [-0.4, -0.2) is 43.1 Å². The number of amides is 1. The van der Waals surface area contributed by atoms with Crippen molar-refractivity contribution in [1.29, 1.82) is 0 Å². The second-order valence-electron chi connectivity index (χ2n) is 7.97. The smallest absolute Gasteiger partial charge is 0.410 e. The molecule has 2 aromatic rings. The quantitative estimate of drug-likeness (QED) is 0.659. The van der Waals surface area contributed by atoms with Crippen LogP contribution >= 0.6 is 0 Å². The molecule has 2 unspecified atom stereocenters. The third-order valence-electron chi connectivity index (χ3n) is 6.16. The number of Topliss-reactive ketones (excluding diaryl/α,β-unsaturated/α-hetero) is 1. The van der Waals surface area contributed by atoms with Gasteiger partial charge in [-0.1, -0.05) is 30.3 Å². The second-order valence-corrected chi connectivity index (χ2v) is 7.97. The third kappa shape index (κ3) is 4.13. The molecule has 6 nitrogen and oxygen atoms in total. The first-order chi connectivity index (χ1) is 14.6. The zero-order chi connectivity index (χ0) is 21.1. The van der Waals surface area contributed by atoms with Crippen LogP contribution in [0.1, 0.15) is 41.6 Å². The second kappa shape index (κ2) is 8.78. The Hall–Kier alpha value is -3.02. The van der Waals surface area contributed by atoms with Gasteiger partial charge in [-0.2, -0.15) is 0 Å². The van der Waals surface area contributed by atoms with E-state index in [1.54, 1.807) is 32.4 Å². The molecule has 0 N–H and O–H groups in total. The van der Waals surface area contributed by atoms with Gasteiger partial charge in [-0.3, -0.25) is 4.79 Å². The Balaban J connectivity index is 1.42. The summed E-state index contributed by atoms with van der Waals surface area (Å²) in [5.41, 5.74) is 1.56. The number of carbonyl (C=O) groups excluding carboxylic acids is 2. The zero-order valence-electron chi connectivity index (χ0n) is 17.4. The lowest BCUT2D eigenvalue weighted by atomic mass is 9.85. The van der Waals surface area contributed by atoms with Gasteiger partial charge in [0.25, 0.3) is 0 Å². The van der Waals surface area contributed by atoms with Crippen LogP contribution in [0.2, 0.25) is 0 Å². The Bertz CT molecular complexity index is 877. The summed E-state index contributed by atoms with van der Waals surface area (Å²) in [6.07, 6.45) is 2.87. The minimum atomic E-state index is -0.277. The molecule has 2 aliphatic rings. The summed E-state index contributed by atoms with van der Waals surface area (Å²) in [5, 5.41) is 0. The number of hydrogen-bond donors (Lipinski definition) is 0. The maximum absolute atomic E-state index is 13.2. The summed E-state index contributed by atoms with van der Waals surface area (Å²) in [7, 11) is 3.14. The molecule has 0 saturated carbocycles. The highest BCUT2D eigenvalue weighted by molar-refractivity contribution is 5.99. The van der Waals surface area contributed by atoms with Gasteiger partial charge in [-0.25, -0.2) is 4.79 Å². The molecule has 1 amide bonds. The van der Waals surface area contributed by atoms with E-state index in [-0.39, 0.29) is 36.5 Å². The number of carbonyl (C=O) groups is 2. The van der Waals surface area contributed by atoms with Crippen LogP contribution in [0.4, 0.5) is 4.79 Å². The first-order valence-electron chi connectivity index (χ1n) is 10.4. The molecule has 6 heteroatoms. The average molecular weight is 409 g/mol. The van der Waals surface area contributed by atoms with Crippen LogP contribution in [0.15, 0.2) is 48.5 Å². The fraction of sp³-hybridized carbons (Fsp3) is 0.417. The molecule has 0 aliphatic carbocycles. The number of hydrogen-bond acceptors (Lipinski definition) is 5. The Labute approximate surface area is 176 Å². The van der Waals surface area contributed by atoms with E-state index in [9.17, 15) is 9.59 Å². The van der Waals surface area contributed by atoms with E-state index < -0.39 is 0 Å². The molecule has 158 valence electrons. The number of fused-ring (bicyclic) bond motifs is 2. The van der Waals surface area contributed by atoms with Crippen LogP contribution in [-0.2, 0) is 11.3 Å². The molecular weight excluding hydrogens is 382 g/mol. The van der Waals surface area contributed by atoms with E-state index in [4.69, 9.17) is 14.2 Å². The van der Waals surface area contributed by atoms with Crippen molar-refractivity contribution in [2.24, 2.45) is 5.92 Å². The van der Waals surface area contributed by atoms with Crippen molar-refractivity contribution in [3.05, 3.63) is 59.7 Å². The van der Waals surface area contributed by atoms with Gasteiger partial charge in [-0.15, -0.1) is 0 Å². The van der Waals surface area contributed by atoms with Gasteiger partial charge >= 0.3 is 6.09 Å². The van der Waals surface area contributed by atoms with E-state index in [1.807, 2.05) is 35.2 Å². The minimum absolute atomic E-state index is 0.0495. The van der Waals surface area contributed by atoms with E-state index in [1.165, 1.54) is 0 Å². The van der Waals surface area contributed by atoms with Crippen molar-refractivity contribution in [3.8, 4) is 11.5 Å². The van der Waals surface area contributed by atoms with Gasteiger partial charge in [-0.05, 0) is 43.4 Å². The van der Waals surface area contributed by atoms with Crippen LogP contribution < -0.4 is 9.47 Å². The number of nitrogens with zero attached hydrogens (tertiary/aromatic N) is 1. The fourth-order valence-corrected chi connectivity index (χ4v) is 4.67. The fourth-order valence-electron chi connectivity index (χ4n) is 4.67. The van der Waals surface area contributed by atoms with Crippen molar-refractivity contribution in [3.63, 3.8) is 0 Å². The molecule has 0 aromatic heterocycles. The first-order valence-corrected chi connectivity index (χ1v) is 10.4. The molecule has 4 rings (SSSR count). The third-order valence-corrected chi connectivity index (χ3v) is 6.16. The highest BCUT2D eigenvalue weighted by atomic mass is 16.6. The number of methoxy groups -OCH3 is 2. The highest BCUT2D eigenvalue weighted by Gasteiger charge is 2.46. The van der Waals surface area contributed by atoms with Crippen molar-refractivity contribution < 1.29 is 23.8 Å². The SMILES string of the molecule is COc1cc(OC)cc(C(=O)C2CC3CCC(C2)N3C(=O)OCc2ccccc2)c1. The van der Waals surface area contributed by atoms with E-state index in [0.717, 1.165) is 18.4 Å². The maximum atomic E-state index is 13.2. The molecule has 2 bridgehead atoms. The first kappa shape index (κ1) is 20.3. The summed E-state index contributed by atoms with van der Waals surface area (Å²) in [6.45, 7) is 0.265. The molecule has 2 atom stereocenters. The van der Waals surface area contributed by atoms with E-state index >= 15 is 0 Å². The highest BCUT2D eigenvalue weighted by Crippen LogP contribution is 2.41. The number of ketones is 1. The number of benzene rings is 2. The minimum Gasteiger partial charge on any atom is -0.497 e. The summed E-state index contributed by atoms with van der Waals surface area (Å²) < 4.78 is 16.2. The van der Waals surface area contributed by atoms with Gasteiger partial charge < -0.3 is 19.1 Å². The standard InChI is InChI=1S/C24H27NO5/c1-28-21-12-18(13-22(14-21)29-2)23(26)17-10-19-8-9-20(11-17)25(19)24(27)30-15-16-6-4-3-5-7-16/h3-7,12-14,17,19-20H,8-11,15H2,1-2H3. The van der Waals surface area contributed by atoms with Crippen molar-refractivity contribution in [1.82, 2.24) is 4.90 Å². The largest absolute Gasteiger partial charge is 0.497 e. The van der Waals surface area contributed by atoms with Crippen molar-refractivity contribution in [2.75, 3.05) is 14.2 Å². The van der Waals surface area contributed by atoms with Gasteiger partial charge in [0.15, 0.2) is 5.78 Å². The Morgan fingerprint density at radius 3 is 2.10 bits per heavy atom. The van der Waals surface area contributed by atoms with Crippen LogP contribution in [0, 0.1) is 5.92 Å². The van der Waals surface area contributed by atoms with E-state index in [0.29, 0.717) is 29.9 Å². The Morgan fingerprint density at radius 2 is 1.53 bits per heavy atom. The number of piperidine rings is 1. The molecule has 0 radical (unpaired) electrons. The van der Waals surface area contributed by atoms with Crippen molar-refractivity contribution in [2.45, 2.75) is 44.4 Å². The molecular formula is C24H27NO5. The molecule has 30 heavy (non-hydrogen) atoms. The van der Waals surface area contributed by atoms with E-state index in [2.05, 4.69) is 0 Å². The Kier molecular flexibility index (Phi) is 5.93. The molecule has 2 aliphatic heterocycles. The number of rotatable bonds is 6. The van der Waals surface area contributed by atoms with Crippen molar-refractivity contribution >= 4 is 11.9 Å². The van der Waals surface area contributed by atoms with Crippen LogP contribution in [0.5, 0.6) is 11.5 Å². The number of ether oxygens (including phenoxy) is 3. The zero-order valence-corrected chi connectivity index (χ0v) is 17.4. The van der Waals surface area contributed by atoms with Gasteiger partial charge in [0.05, 0.1) is 14.2 Å². The average Bonchev–Trinajstić information content (AvgIpc) is 3.06. The molecule has 2 heterocycles. The summed E-state index contributed by atoms with van der Waals surface area (Å²) in [4.78, 5) is 27.8. The summed E-state index contributed by atoms with van der Waals surface area (Å²) >= 11 is 0. The normalized spacial score (nSPS) is 22.5. The van der Waals surface area contributed by atoms with Gasteiger partial charge in [0.2, 0.25) is 0 Å². The topological polar surface area (TPSA) is 65.1 Å². The van der Waals surface area contributed by atoms with Crippen LogP contribution in [0.3, 0.4) is 0 Å². The predicted octanol–water partition coefficient (Wildman–Crippen LogP) is 4.47. The lowest BCUT2D eigenvalue weighted by Crippen LogP contribution is -2.48. The van der Waals surface area contributed by atoms with Gasteiger partial charge in [0.1, 0.15) is 18.1 Å². The maximum Gasteiger partial charge on any atom is 0.410 e. The van der Waals surface area contributed by atoms with Crippen LogP contribution in [0.25, 0.3) is 0 Å². The Morgan fingerprint density at radius 1 is 0.933 bits per heavy atom. The molecule has 2 saturated heterocycles. The summed E-state index contributed by atoms with van der Waals surface area (Å²) in [6, 6.07) is 15.0. The molecule has 2 fully saturated rings. The monoisotopic (exact) mass is 409 g/mol. The predicted molar refractivity (Wildman–Crippen MR) is 112 cm³/mol. The lowest BCUT2D eigenvalue weighted by molar-refractivity contribution is 0.0485. The summed E-state index contributed by atoms with van der Waals surface area (Å²) in [5.74, 6) is 1.17. The molecule has 0 spiro atoms. The molecule has 2 aromatic carbocycles. The lowest BCUT2D eigenvalue weighted by Gasteiger charge is -2.37. The van der Waals surface area contributed by atoms with Gasteiger partial charge in [0, 0.05) is 29.6 Å².